The van der Waals surface area contributed by atoms with Crippen molar-refractivity contribution in [3.63, 3.8) is 0 Å². The molecule has 5 nitrogen and oxygen atoms in total. The largest absolute Gasteiger partial charge is 0.466 e. The minimum Gasteiger partial charge on any atom is -0.466 e. The maximum absolute atomic E-state index is 11.9. The fourth-order valence-electron chi connectivity index (χ4n) is 3.09. The van der Waals surface area contributed by atoms with Crippen LogP contribution in [0.25, 0.3) is 0 Å². The highest BCUT2D eigenvalue weighted by molar-refractivity contribution is 5.81. The summed E-state index contributed by atoms with van der Waals surface area (Å²) in [6.45, 7) is 9.57. The Labute approximate surface area is 128 Å². The third-order valence-corrected chi connectivity index (χ3v) is 4.78. The zero-order chi connectivity index (χ0) is 15.5. The van der Waals surface area contributed by atoms with Gasteiger partial charge in [-0.15, -0.1) is 0 Å². The van der Waals surface area contributed by atoms with Gasteiger partial charge >= 0.3 is 5.97 Å². The number of hydrogen-bond acceptors (Lipinski definition) is 3. The number of piperidine rings is 1. The van der Waals surface area contributed by atoms with Gasteiger partial charge in [0.1, 0.15) is 0 Å². The topological polar surface area (TPSA) is 53.9 Å². The molecule has 2 fully saturated rings. The first-order chi connectivity index (χ1) is 9.97. The van der Waals surface area contributed by atoms with E-state index in [4.69, 9.17) is 4.74 Å². The summed E-state index contributed by atoms with van der Waals surface area (Å²) in [4.78, 5) is 18.5. The van der Waals surface area contributed by atoms with Gasteiger partial charge < -0.3 is 15.0 Å². The van der Waals surface area contributed by atoms with Crippen LogP contribution >= 0.6 is 0 Å². The molecule has 5 heteroatoms. The Kier molecular flexibility index (Phi) is 5.12. The number of esters is 1. The van der Waals surface area contributed by atoms with Gasteiger partial charge in [0.25, 0.3) is 0 Å². The third-order valence-electron chi connectivity index (χ3n) is 4.78. The lowest BCUT2D eigenvalue weighted by atomic mass is 9.98. The van der Waals surface area contributed by atoms with Crippen LogP contribution in [-0.4, -0.2) is 50.1 Å². The third kappa shape index (κ3) is 4.11. The molecule has 1 aliphatic heterocycles. The highest BCUT2D eigenvalue weighted by Gasteiger charge is 2.45. The van der Waals surface area contributed by atoms with Crippen molar-refractivity contribution in [2.24, 2.45) is 22.2 Å². The molecule has 0 aromatic rings. The van der Waals surface area contributed by atoms with Crippen LogP contribution in [0.2, 0.25) is 0 Å². The second-order valence-electron chi connectivity index (χ2n) is 6.85. The minimum atomic E-state index is -0.0685. The molecule has 0 spiro atoms. The van der Waals surface area contributed by atoms with E-state index in [0.29, 0.717) is 18.6 Å². The van der Waals surface area contributed by atoms with Crippen molar-refractivity contribution in [2.45, 2.75) is 40.0 Å². The maximum atomic E-state index is 11.9. The molecular weight excluding hydrogens is 266 g/mol. The van der Waals surface area contributed by atoms with Crippen LogP contribution in [0, 0.1) is 17.3 Å². The quantitative estimate of drug-likeness (QED) is 0.489. The van der Waals surface area contributed by atoms with E-state index in [1.807, 2.05) is 14.0 Å². The second-order valence-corrected chi connectivity index (χ2v) is 6.85. The second kappa shape index (κ2) is 6.67. The highest BCUT2D eigenvalue weighted by Crippen LogP contribution is 2.50. The van der Waals surface area contributed by atoms with Gasteiger partial charge in [0.15, 0.2) is 5.96 Å². The van der Waals surface area contributed by atoms with Crippen molar-refractivity contribution in [2.75, 3.05) is 33.3 Å². The van der Waals surface area contributed by atoms with E-state index in [-0.39, 0.29) is 11.9 Å². The molecule has 2 rings (SSSR count). The van der Waals surface area contributed by atoms with Crippen molar-refractivity contribution < 1.29 is 9.53 Å². The molecule has 1 aliphatic carbocycles. The average Bonchev–Trinajstić information content (AvgIpc) is 3.07. The molecule has 0 amide bonds. The Morgan fingerprint density at radius 2 is 2.19 bits per heavy atom. The number of nitrogens with zero attached hydrogens (tertiary/aromatic N) is 2. The molecule has 120 valence electrons. The van der Waals surface area contributed by atoms with Crippen molar-refractivity contribution in [3.8, 4) is 0 Å². The van der Waals surface area contributed by atoms with E-state index >= 15 is 0 Å². The van der Waals surface area contributed by atoms with Gasteiger partial charge in [0.2, 0.25) is 0 Å². The minimum absolute atomic E-state index is 0.0189. The Balaban J connectivity index is 1.85. The highest BCUT2D eigenvalue weighted by atomic mass is 16.5. The first kappa shape index (κ1) is 16.1. The Bertz CT molecular complexity index is 406. The van der Waals surface area contributed by atoms with E-state index in [2.05, 4.69) is 29.1 Å². The van der Waals surface area contributed by atoms with Crippen molar-refractivity contribution in [1.29, 1.82) is 0 Å². The molecule has 1 saturated carbocycles. The molecule has 2 atom stereocenters. The number of rotatable bonds is 4. The Hall–Kier alpha value is -1.26. The Morgan fingerprint density at radius 1 is 1.48 bits per heavy atom. The summed E-state index contributed by atoms with van der Waals surface area (Å²) in [5, 5.41) is 3.47. The van der Waals surface area contributed by atoms with Crippen LogP contribution in [0.1, 0.15) is 40.0 Å². The lowest BCUT2D eigenvalue weighted by Gasteiger charge is -2.34. The number of ether oxygens (including phenoxy) is 1. The van der Waals surface area contributed by atoms with Crippen LogP contribution in [0.5, 0.6) is 0 Å². The predicted octanol–water partition coefficient (Wildman–Crippen LogP) is 1.88. The van der Waals surface area contributed by atoms with Crippen LogP contribution < -0.4 is 5.32 Å². The fourth-order valence-corrected chi connectivity index (χ4v) is 3.09. The van der Waals surface area contributed by atoms with Crippen molar-refractivity contribution in [3.05, 3.63) is 0 Å². The summed E-state index contributed by atoms with van der Waals surface area (Å²) in [7, 11) is 1.81. The summed E-state index contributed by atoms with van der Waals surface area (Å²) in [6, 6.07) is 0. The molecule has 21 heavy (non-hydrogen) atoms. The number of carbonyl (C=O) groups is 1. The molecule has 0 aromatic heterocycles. The molecule has 0 bridgehead atoms. The lowest BCUT2D eigenvalue weighted by molar-refractivity contribution is -0.149. The van der Waals surface area contributed by atoms with E-state index < -0.39 is 0 Å². The van der Waals surface area contributed by atoms with Gasteiger partial charge in [0, 0.05) is 26.7 Å². The van der Waals surface area contributed by atoms with Gasteiger partial charge in [0.05, 0.1) is 12.5 Å². The summed E-state index contributed by atoms with van der Waals surface area (Å²) < 4.78 is 5.15. The zero-order valence-electron chi connectivity index (χ0n) is 13.8. The lowest BCUT2D eigenvalue weighted by Crippen LogP contribution is -2.48. The monoisotopic (exact) mass is 295 g/mol. The number of carbonyl (C=O) groups excluding carboxylic acids is 1. The fraction of sp³-hybridized carbons (Fsp3) is 0.875. The SMILES string of the molecule is CCOC(=O)[C@@H]1CCCN(C(=NC)NCC2CC2(C)C)C1. The molecular formula is C16H29N3O2. The average molecular weight is 295 g/mol. The number of likely N-dealkylation sites (tertiary alicyclic amines) is 1. The predicted molar refractivity (Wildman–Crippen MR) is 84.2 cm³/mol. The standard InChI is InChI=1S/C16H29N3O2/c1-5-21-14(20)12-7-6-8-19(11-12)15(17-4)18-10-13-9-16(13,2)3/h12-13H,5-11H2,1-4H3,(H,17,18)/t12-,13?/m1/s1. The first-order valence-electron chi connectivity index (χ1n) is 8.10. The van der Waals surface area contributed by atoms with Crippen molar-refractivity contribution in [1.82, 2.24) is 10.2 Å². The molecule has 1 unspecified atom stereocenters. The number of guanidine groups is 1. The van der Waals surface area contributed by atoms with Gasteiger partial charge in [-0.3, -0.25) is 9.79 Å². The van der Waals surface area contributed by atoms with Crippen LogP contribution in [0.15, 0.2) is 4.99 Å². The molecule has 1 saturated heterocycles. The van der Waals surface area contributed by atoms with Crippen LogP contribution in [0.3, 0.4) is 0 Å². The van der Waals surface area contributed by atoms with Gasteiger partial charge in [-0.05, 0) is 37.5 Å². The van der Waals surface area contributed by atoms with Crippen molar-refractivity contribution >= 4 is 11.9 Å². The van der Waals surface area contributed by atoms with E-state index in [0.717, 1.165) is 37.8 Å². The maximum Gasteiger partial charge on any atom is 0.310 e. The number of nitrogens with one attached hydrogen (secondary N) is 1. The van der Waals surface area contributed by atoms with Gasteiger partial charge in [-0.25, -0.2) is 0 Å². The molecule has 0 radical (unpaired) electrons. The van der Waals surface area contributed by atoms with Gasteiger partial charge in [-0.2, -0.15) is 0 Å². The zero-order valence-corrected chi connectivity index (χ0v) is 13.8. The normalized spacial score (nSPS) is 28.2. The summed E-state index contributed by atoms with van der Waals surface area (Å²) >= 11 is 0. The van der Waals surface area contributed by atoms with Crippen LogP contribution in [0.4, 0.5) is 0 Å². The van der Waals surface area contributed by atoms with Crippen LogP contribution in [-0.2, 0) is 9.53 Å². The smallest absolute Gasteiger partial charge is 0.310 e. The first-order valence-corrected chi connectivity index (χ1v) is 8.10. The number of aliphatic imine (C=N–C) groups is 1. The Morgan fingerprint density at radius 3 is 2.76 bits per heavy atom. The summed E-state index contributed by atoms with van der Waals surface area (Å²) in [5.74, 6) is 1.57. The summed E-state index contributed by atoms with van der Waals surface area (Å²) in [6.07, 6.45) is 3.21. The number of hydrogen-bond donors (Lipinski definition) is 1. The van der Waals surface area contributed by atoms with E-state index in [1.54, 1.807) is 0 Å². The van der Waals surface area contributed by atoms with E-state index in [1.165, 1.54) is 6.42 Å². The van der Waals surface area contributed by atoms with E-state index in [9.17, 15) is 4.79 Å². The molecule has 1 N–H and O–H groups in total. The van der Waals surface area contributed by atoms with Gasteiger partial charge in [-0.1, -0.05) is 13.8 Å². The summed E-state index contributed by atoms with van der Waals surface area (Å²) in [5.41, 5.74) is 0.473. The molecule has 1 heterocycles. The molecule has 2 aliphatic rings. The molecule has 0 aromatic carbocycles.